The minimum atomic E-state index is -0.791. The summed E-state index contributed by atoms with van der Waals surface area (Å²) < 4.78 is 5.60. The molecule has 5 unspecified atom stereocenters. The second-order valence-corrected chi connectivity index (χ2v) is 11.8. The maximum absolute atomic E-state index is 11.5. The molecule has 42 heavy (non-hydrogen) atoms. The molecule has 0 spiro atoms. The van der Waals surface area contributed by atoms with Crippen LogP contribution in [0.4, 0.5) is 0 Å². The lowest BCUT2D eigenvalue weighted by Gasteiger charge is -2.52. The fourth-order valence-corrected chi connectivity index (χ4v) is 7.08. The summed E-state index contributed by atoms with van der Waals surface area (Å²) in [5.74, 6) is 1.91. The van der Waals surface area contributed by atoms with Crippen LogP contribution in [0.5, 0.6) is 5.75 Å². The number of nitrogens with one attached hydrogen (secondary N) is 2. The first-order chi connectivity index (χ1) is 20.6. The Morgan fingerprint density at radius 1 is 1.05 bits per heavy atom. The molecule has 1 aromatic heterocycles. The molecular formula is C35H38N4O2S. The lowest BCUT2D eigenvalue weighted by Crippen LogP contribution is -2.58. The zero-order chi connectivity index (χ0) is 29.1. The number of rotatable bonds is 9. The first-order valence-electron chi connectivity index (χ1n) is 14.7. The van der Waals surface area contributed by atoms with Crippen molar-refractivity contribution in [2.24, 2.45) is 11.8 Å². The Balaban J connectivity index is 1.35. The Kier molecular flexibility index (Phi) is 8.51. The van der Waals surface area contributed by atoms with E-state index in [-0.39, 0.29) is 12.1 Å². The molecule has 3 aliphatic rings. The van der Waals surface area contributed by atoms with Crippen LogP contribution in [0.3, 0.4) is 0 Å². The quantitative estimate of drug-likeness (QED) is 0.163. The molecule has 3 N–H and O–H groups in total. The van der Waals surface area contributed by atoms with Crippen LogP contribution in [0.15, 0.2) is 104 Å². The molecule has 4 aromatic rings. The molecule has 0 radical (unpaired) electrons. The third kappa shape index (κ3) is 5.77. The van der Waals surface area contributed by atoms with Crippen molar-refractivity contribution in [3.63, 3.8) is 0 Å². The molecule has 7 rings (SSSR count). The van der Waals surface area contributed by atoms with E-state index >= 15 is 0 Å². The van der Waals surface area contributed by atoms with Gasteiger partial charge in [0.25, 0.3) is 0 Å². The smallest absolute Gasteiger partial charge is 0.167 e. The number of hydrogen-bond donors (Lipinski definition) is 3. The number of hydrogen-bond acceptors (Lipinski definition) is 5. The molecule has 3 aliphatic heterocycles. The monoisotopic (exact) mass is 578 g/mol. The zero-order valence-electron chi connectivity index (χ0n) is 23.9. The standard InChI is InChI=1S/C35H38N4O2S/c1-3-23-22-39-19-17-26(23)20-31(39)33(28-16-18-36-30-15-14-27(41-2)21-29(28)30)38-35(42)37-32(24-10-6-4-7-11-24)34(40)25-12-8-5-9-13-25/h3-16,18,21,23,26,31-34,40H,1,17,19-20,22H2,2H3,(H2,37,38,42)/t23?,26?,31?,32?,33-,34+/m0/s1. The van der Waals surface area contributed by atoms with E-state index in [1.54, 1.807) is 7.11 Å². The molecule has 3 fully saturated rings. The van der Waals surface area contributed by atoms with E-state index < -0.39 is 12.1 Å². The Labute approximate surface area is 253 Å². The van der Waals surface area contributed by atoms with Gasteiger partial charge in [0.05, 0.1) is 24.7 Å². The van der Waals surface area contributed by atoms with Crippen LogP contribution in [0.1, 0.15) is 47.7 Å². The SMILES string of the molecule is C=CC1CN2CCC1CC2[C@@H](NC(=S)NC(c1ccccc1)[C@H](O)c1ccccc1)c1ccnc2ccc(OC)cc12. The highest BCUT2D eigenvalue weighted by Gasteiger charge is 2.43. The van der Waals surface area contributed by atoms with Gasteiger partial charge in [-0.25, -0.2) is 0 Å². The van der Waals surface area contributed by atoms with Gasteiger partial charge in [-0.2, -0.15) is 0 Å². The molecule has 2 bridgehead atoms. The lowest BCUT2D eigenvalue weighted by molar-refractivity contribution is 0.00421. The van der Waals surface area contributed by atoms with Gasteiger partial charge >= 0.3 is 0 Å². The van der Waals surface area contributed by atoms with Crippen LogP contribution >= 0.6 is 12.2 Å². The van der Waals surface area contributed by atoms with E-state index in [2.05, 4.69) is 45.3 Å². The van der Waals surface area contributed by atoms with Crippen LogP contribution in [-0.4, -0.2) is 46.3 Å². The predicted molar refractivity (Wildman–Crippen MR) is 172 cm³/mol. The highest BCUT2D eigenvalue weighted by Crippen LogP contribution is 2.42. The Morgan fingerprint density at radius 2 is 1.79 bits per heavy atom. The first-order valence-corrected chi connectivity index (χ1v) is 15.1. The summed E-state index contributed by atoms with van der Waals surface area (Å²) in [6.07, 6.45) is 5.46. The fraction of sp³-hybridized carbons (Fsp3) is 0.314. The highest BCUT2D eigenvalue weighted by atomic mass is 32.1. The fourth-order valence-electron chi connectivity index (χ4n) is 6.82. The third-order valence-corrected chi connectivity index (χ3v) is 9.28. The summed E-state index contributed by atoms with van der Waals surface area (Å²) in [6.45, 7) is 6.19. The summed E-state index contributed by atoms with van der Waals surface area (Å²) >= 11 is 6.04. The molecule has 6 nitrogen and oxygen atoms in total. The van der Waals surface area contributed by atoms with Crippen molar-refractivity contribution in [2.45, 2.75) is 37.1 Å². The van der Waals surface area contributed by atoms with Crippen molar-refractivity contribution < 1.29 is 9.84 Å². The van der Waals surface area contributed by atoms with E-state index in [0.717, 1.165) is 52.9 Å². The van der Waals surface area contributed by atoms with Crippen molar-refractivity contribution in [1.29, 1.82) is 0 Å². The van der Waals surface area contributed by atoms with Crippen molar-refractivity contribution in [3.8, 4) is 5.75 Å². The van der Waals surface area contributed by atoms with Crippen LogP contribution < -0.4 is 15.4 Å². The van der Waals surface area contributed by atoms with Crippen molar-refractivity contribution in [3.05, 3.63) is 120 Å². The van der Waals surface area contributed by atoms with E-state index in [1.165, 1.54) is 6.42 Å². The molecule has 3 saturated heterocycles. The zero-order valence-corrected chi connectivity index (χ0v) is 24.7. The van der Waals surface area contributed by atoms with Gasteiger partial charge in [-0.15, -0.1) is 6.58 Å². The minimum Gasteiger partial charge on any atom is -0.497 e. The van der Waals surface area contributed by atoms with Gasteiger partial charge in [-0.05, 0) is 84.4 Å². The number of thiocarbonyl (C=S) groups is 1. The van der Waals surface area contributed by atoms with Gasteiger partial charge in [0.2, 0.25) is 0 Å². The van der Waals surface area contributed by atoms with Crippen LogP contribution in [0.2, 0.25) is 0 Å². The van der Waals surface area contributed by atoms with Crippen LogP contribution in [0, 0.1) is 11.8 Å². The number of methoxy groups -OCH3 is 1. The lowest BCUT2D eigenvalue weighted by atomic mass is 9.73. The Bertz CT molecular complexity index is 1530. The van der Waals surface area contributed by atoms with Gasteiger partial charge in [0.15, 0.2) is 5.11 Å². The number of ether oxygens (including phenoxy) is 1. The number of piperidine rings is 3. The molecule has 0 aliphatic carbocycles. The molecule has 7 heteroatoms. The van der Waals surface area contributed by atoms with Crippen LogP contribution in [-0.2, 0) is 0 Å². The van der Waals surface area contributed by atoms with Gasteiger partial charge in [0.1, 0.15) is 11.9 Å². The topological polar surface area (TPSA) is 69.7 Å². The normalized spacial score (nSPS) is 23.5. The maximum atomic E-state index is 11.5. The second kappa shape index (κ2) is 12.6. The second-order valence-electron chi connectivity index (χ2n) is 11.4. The third-order valence-electron chi connectivity index (χ3n) is 9.04. The van der Waals surface area contributed by atoms with E-state index in [0.29, 0.717) is 16.9 Å². The average Bonchev–Trinajstić information content (AvgIpc) is 3.06. The molecule has 4 heterocycles. The van der Waals surface area contributed by atoms with Gasteiger partial charge in [0, 0.05) is 24.2 Å². The van der Waals surface area contributed by atoms with Gasteiger partial charge < -0.3 is 20.5 Å². The number of fused-ring (bicyclic) bond motifs is 4. The van der Waals surface area contributed by atoms with Gasteiger partial charge in [-0.1, -0.05) is 66.7 Å². The Morgan fingerprint density at radius 3 is 2.45 bits per heavy atom. The number of nitrogens with zero attached hydrogens (tertiary/aromatic N) is 2. The summed E-state index contributed by atoms with van der Waals surface area (Å²) in [7, 11) is 1.69. The summed E-state index contributed by atoms with van der Waals surface area (Å²) in [5.41, 5.74) is 3.84. The summed E-state index contributed by atoms with van der Waals surface area (Å²) in [6, 6.07) is 27.6. The van der Waals surface area contributed by atoms with E-state index in [1.807, 2.05) is 79.0 Å². The first kappa shape index (κ1) is 28.3. The summed E-state index contributed by atoms with van der Waals surface area (Å²) in [5, 5.41) is 20.3. The number of aromatic nitrogens is 1. The predicted octanol–water partition coefficient (Wildman–Crippen LogP) is 6.12. The molecule has 216 valence electrons. The van der Waals surface area contributed by atoms with E-state index in [9.17, 15) is 5.11 Å². The molecule has 3 aromatic carbocycles. The van der Waals surface area contributed by atoms with Crippen LogP contribution in [0.25, 0.3) is 10.9 Å². The largest absolute Gasteiger partial charge is 0.497 e. The Hall–Kier alpha value is -3.78. The number of aliphatic hydroxyl groups excluding tert-OH is 1. The number of pyridine rings is 1. The van der Waals surface area contributed by atoms with Gasteiger partial charge in [-0.3, -0.25) is 9.88 Å². The molecule has 7 atom stereocenters. The highest BCUT2D eigenvalue weighted by molar-refractivity contribution is 7.80. The van der Waals surface area contributed by atoms with E-state index in [4.69, 9.17) is 17.0 Å². The summed E-state index contributed by atoms with van der Waals surface area (Å²) in [4.78, 5) is 7.24. The molecule has 0 saturated carbocycles. The van der Waals surface area contributed by atoms with Crippen molar-refractivity contribution in [2.75, 3.05) is 20.2 Å². The number of aliphatic hydroxyl groups is 1. The van der Waals surface area contributed by atoms with Crippen molar-refractivity contribution in [1.82, 2.24) is 20.5 Å². The average molecular weight is 579 g/mol. The maximum Gasteiger partial charge on any atom is 0.167 e. The van der Waals surface area contributed by atoms with Crippen molar-refractivity contribution >= 4 is 28.2 Å². The molecular weight excluding hydrogens is 540 g/mol. The minimum absolute atomic E-state index is 0.0959. The molecule has 0 amide bonds. The number of benzene rings is 3.